The molecule has 100 valence electrons. The van der Waals surface area contributed by atoms with Gasteiger partial charge in [-0.05, 0) is 43.5 Å². The van der Waals surface area contributed by atoms with Crippen LogP contribution < -0.4 is 4.90 Å². The average Bonchev–Trinajstić information content (AvgIpc) is 3.13. The zero-order valence-corrected chi connectivity index (χ0v) is 11.0. The van der Waals surface area contributed by atoms with Crippen molar-refractivity contribution in [3.05, 3.63) is 48.0 Å². The number of anilines is 1. The Bertz CT molecular complexity index is 516. The van der Waals surface area contributed by atoms with Crippen molar-refractivity contribution in [2.45, 2.75) is 38.5 Å². The fraction of sp³-hybridized carbons (Fsp3) is 0.400. The number of aliphatic hydroxyl groups is 1. The topological polar surface area (TPSA) is 49.5 Å². The summed E-state index contributed by atoms with van der Waals surface area (Å²) in [6, 6.07) is 8.37. The fourth-order valence-electron chi connectivity index (χ4n) is 2.17. The van der Waals surface area contributed by atoms with Crippen molar-refractivity contribution >= 4 is 5.82 Å². The maximum atomic E-state index is 9.51. The van der Waals surface area contributed by atoms with Gasteiger partial charge >= 0.3 is 0 Å². The highest BCUT2D eigenvalue weighted by molar-refractivity contribution is 5.42. The van der Waals surface area contributed by atoms with Gasteiger partial charge in [0, 0.05) is 12.2 Å². The van der Waals surface area contributed by atoms with Crippen LogP contribution >= 0.6 is 0 Å². The highest BCUT2D eigenvalue weighted by Crippen LogP contribution is 2.32. The van der Waals surface area contributed by atoms with E-state index in [1.807, 2.05) is 24.3 Å². The number of hydrogen-bond acceptors (Lipinski definition) is 4. The predicted molar refractivity (Wildman–Crippen MR) is 72.8 cm³/mol. The molecule has 0 aliphatic heterocycles. The lowest BCUT2D eigenvalue weighted by Gasteiger charge is -2.22. The minimum atomic E-state index is -0.471. The van der Waals surface area contributed by atoms with Gasteiger partial charge in [0.25, 0.3) is 0 Å². The first kappa shape index (κ1) is 12.2. The van der Waals surface area contributed by atoms with E-state index in [0.717, 1.165) is 23.7 Å². The van der Waals surface area contributed by atoms with Gasteiger partial charge in [0.15, 0.2) is 0 Å². The van der Waals surface area contributed by atoms with Crippen molar-refractivity contribution in [3.63, 3.8) is 0 Å². The fourth-order valence-corrected chi connectivity index (χ4v) is 2.17. The molecule has 0 bridgehead atoms. The van der Waals surface area contributed by atoms with Gasteiger partial charge < -0.3 is 14.4 Å². The second-order valence-corrected chi connectivity index (χ2v) is 5.06. The summed E-state index contributed by atoms with van der Waals surface area (Å²) in [5.41, 5.74) is 0.845. The summed E-state index contributed by atoms with van der Waals surface area (Å²) in [6.07, 6.45) is 5.39. The molecule has 2 aromatic rings. The van der Waals surface area contributed by atoms with Gasteiger partial charge in [0.1, 0.15) is 11.6 Å². The molecule has 0 radical (unpaired) electrons. The van der Waals surface area contributed by atoms with Crippen molar-refractivity contribution in [3.8, 4) is 0 Å². The van der Waals surface area contributed by atoms with Crippen LogP contribution in [-0.4, -0.2) is 16.1 Å². The third-order valence-corrected chi connectivity index (χ3v) is 3.44. The molecule has 3 rings (SSSR count). The highest BCUT2D eigenvalue weighted by atomic mass is 16.3. The van der Waals surface area contributed by atoms with Crippen LogP contribution in [0.25, 0.3) is 0 Å². The molecule has 2 heterocycles. The number of nitrogens with zero attached hydrogens (tertiary/aromatic N) is 2. The summed E-state index contributed by atoms with van der Waals surface area (Å²) < 4.78 is 5.42. The van der Waals surface area contributed by atoms with E-state index in [1.165, 1.54) is 12.8 Å². The van der Waals surface area contributed by atoms with E-state index >= 15 is 0 Å². The number of aromatic nitrogens is 1. The van der Waals surface area contributed by atoms with E-state index in [0.29, 0.717) is 6.04 Å². The number of furan rings is 1. The second kappa shape index (κ2) is 5.05. The van der Waals surface area contributed by atoms with Crippen LogP contribution in [0.2, 0.25) is 0 Å². The maximum absolute atomic E-state index is 9.51. The summed E-state index contributed by atoms with van der Waals surface area (Å²) in [4.78, 5) is 6.73. The summed E-state index contributed by atoms with van der Waals surface area (Å²) in [5, 5.41) is 9.51. The number of pyridine rings is 1. The van der Waals surface area contributed by atoms with Crippen molar-refractivity contribution in [2.75, 3.05) is 4.90 Å². The van der Waals surface area contributed by atoms with Crippen LogP contribution in [0, 0.1) is 0 Å². The van der Waals surface area contributed by atoms with Crippen molar-refractivity contribution in [1.82, 2.24) is 4.98 Å². The number of rotatable bonds is 5. The van der Waals surface area contributed by atoms with Gasteiger partial charge in [-0.15, -0.1) is 0 Å². The Morgan fingerprint density at radius 2 is 2.26 bits per heavy atom. The first-order chi connectivity index (χ1) is 9.24. The summed E-state index contributed by atoms with van der Waals surface area (Å²) in [6.45, 7) is 2.50. The van der Waals surface area contributed by atoms with Crippen LogP contribution in [0.1, 0.15) is 37.2 Å². The Morgan fingerprint density at radius 3 is 2.79 bits per heavy atom. The van der Waals surface area contributed by atoms with Gasteiger partial charge in [-0.25, -0.2) is 4.98 Å². The van der Waals surface area contributed by atoms with Crippen LogP contribution in [0.4, 0.5) is 5.82 Å². The Balaban J connectivity index is 1.79. The Kier molecular flexibility index (Phi) is 3.25. The van der Waals surface area contributed by atoms with Crippen molar-refractivity contribution in [1.29, 1.82) is 0 Å². The molecule has 1 saturated carbocycles. The van der Waals surface area contributed by atoms with E-state index in [9.17, 15) is 5.11 Å². The van der Waals surface area contributed by atoms with Crippen LogP contribution in [0.3, 0.4) is 0 Å². The zero-order valence-electron chi connectivity index (χ0n) is 11.0. The summed E-state index contributed by atoms with van der Waals surface area (Å²) in [7, 11) is 0. The van der Waals surface area contributed by atoms with Crippen LogP contribution in [0.5, 0.6) is 0 Å². The largest absolute Gasteiger partial charge is 0.467 e. The zero-order chi connectivity index (χ0) is 13.2. The summed E-state index contributed by atoms with van der Waals surface area (Å²) >= 11 is 0. The molecule has 0 unspecified atom stereocenters. The second-order valence-electron chi connectivity index (χ2n) is 5.06. The third-order valence-electron chi connectivity index (χ3n) is 3.44. The molecule has 0 amide bonds. The molecule has 1 N–H and O–H groups in total. The smallest absolute Gasteiger partial charge is 0.129 e. The lowest BCUT2D eigenvalue weighted by molar-refractivity contribution is 0.199. The van der Waals surface area contributed by atoms with Gasteiger partial charge in [-0.3, -0.25) is 0 Å². The van der Waals surface area contributed by atoms with E-state index < -0.39 is 6.10 Å². The molecule has 1 aliphatic rings. The molecular weight excluding hydrogens is 240 g/mol. The predicted octanol–water partition coefficient (Wildman–Crippen LogP) is 2.90. The number of aliphatic hydroxyl groups excluding tert-OH is 1. The quantitative estimate of drug-likeness (QED) is 0.896. The maximum Gasteiger partial charge on any atom is 0.129 e. The molecule has 0 saturated heterocycles. The van der Waals surface area contributed by atoms with Crippen LogP contribution in [-0.2, 0) is 6.54 Å². The van der Waals surface area contributed by atoms with Gasteiger partial charge in [-0.1, -0.05) is 6.07 Å². The Morgan fingerprint density at radius 1 is 1.42 bits per heavy atom. The standard InChI is InChI=1S/C15H18N2O2/c1-11(18)12-4-7-15(16-9-12)17(13-5-6-13)10-14-3-2-8-19-14/h2-4,7-9,11,13,18H,5-6,10H2,1H3/t11-/m0/s1. The molecule has 4 nitrogen and oxygen atoms in total. The molecule has 19 heavy (non-hydrogen) atoms. The first-order valence-corrected chi connectivity index (χ1v) is 6.67. The van der Waals surface area contributed by atoms with E-state index in [4.69, 9.17) is 4.42 Å². The summed E-state index contributed by atoms with van der Waals surface area (Å²) in [5.74, 6) is 1.90. The van der Waals surface area contributed by atoms with Gasteiger partial charge in [0.2, 0.25) is 0 Å². The highest BCUT2D eigenvalue weighted by Gasteiger charge is 2.30. The minimum absolute atomic E-state index is 0.471. The number of hydrogen-bond donors (Lipinski definition) is 1. The van der Waals surface area contributed by atoms with Crippen molar-refractivity contribution in [2.24, 2.45) is 0 Å². The lowest BCUT2D eigenvalue weighted by Crippen LogP contribution is -2.25. The lowest BCUT2D eigenvalue weighted by atomic mass is 10.2. The van der Waals surface area contributed by atoms with Gasteiger partial charge in [0.05, 0.1) is 18.9 Å². The van der Waals surface area contributed by atoms with E-state index in [-0.39, 0.29) is 0 Å². The molecule has 1 fully saturated rings. The molecule has 2 aromatic heterocycles. The average molecular weight is 258 g/mol. The molecule has 1 atom stereocenters. The normalized spacial score (nSPS) is 16.3. The molecular formula is C15H18N2O2. The van der Waals surface area contributed by atoms with E-state index in [2.05, 4.69) is 9.88 Å². The van der Waals surface area contributed by atoms with E-state index in [1.54, 1.807) is 19.4 Å². The molecule has 4 heteroatoms. The Hall–Kier alpha value is -1.81. The molecule has 1 aliphatic carbocycles. The third kappa shape index (κ3) is 2.79. The minimum Gasteiger partial charge on any atom is -0.467 e. The Labute approximate surface area is 112 Å². The van der Waals surface area contributed by atoms with Crippen molar-refractivity contribution < 1.29 is 9.52 Å². The first-order valence-electron chi connectivity index (χ1n) is 6.67. The molecule has 0 aromatic carbocycles. The van der Waals surface area contributed by atoms with Crippen LogP contribution in [0.15, 0.2) is 41.1 Å². The van der Waals surface area contributed by atoms with Gasteiger partial charge in [-0.2, -0.15) is 0 Å². The SMILES string of the molecule is C[C@H](O)c1ccc(N(Cc2ccco2)C2CC2)nc1. The monoisotopic (exact) mass is 258 g/mol. The molecule has 0 spiro atoms.